The van der Waals surface area contributed by atoms with Crippen molar-refractivity contribution in [3.8, 4) is 23.7 Å². The molecule has 0 atom stereocenters. The molecule has 2 aromatic heterocycles. The van der Waals surface area contributed by atoms with Crippen LogP contribution in [-0.2, 0) is 11.3 Å². The van der Waals surface area contributed by atoms with Crippen LogP contribution in [0.3, 0.4) is 0 Å². The number of ether oxygens (including phenoxy) is 1. The third-order valence-corrected chi connectivity index (χ3v) is 3.79. The van der Waals surface area contributed by atoms with Gasteiger partial charge in [-0.15, -0.1) is 12.3 Å². The molecule has 3 nitrogen and oxygen atoms in total. The van der Waals surface area contributed by atoms with E-state index in [-0.39, 0.29) is 0 Å². The highest BCUT2D eigenvalue weighted by Crippen LogP contribution is 2.18. The van der Waals surface area contributed by atoms with E-state index < -0.39 is 0 Å². The number of terminal acetylenes is 1. The fourth-order valence-electron chi connectivity index (χ4n) is 2.62. The Hall–Kier alpha value is -2.18. The zero-order valence-electron chi connectivity index (χ0n) is 14.7. The highest BCUT2D eigenvalue weighted by atomic mass is 16.5. The second kappa shape index (κ2) is 9.85. The smallest absolute Gasteiger partial charge is 0.0893 e. The number of nitrogens with zero attached hydrogens (tertiary/aromatic N) is 2. The highest BCUT2D eigenvalue weighted by Gasteiger charge is 2.05. The summed E-state index contributed by atoms with van der Waals surface area (Å²) >= 11 is 0. The Labute approximate surface area is 145 Å². The average molecular weight is 322 g/mol. The van der Waals surface area contributed by atoms with Gasteiger partial charge in [0.25, 0.3) is 0 Å². The van der Waals surface area contributed by atoms with Crippen molar-refractivity contribution >= 4 is 0 Å². The van der Waals surface area contributed by atoms with Crippen molar-refractivity contribution in [2.75, 3.05) is 6.61 Å². The summed E-state index contributed by atoms with van der Waals surface area (Å²) in [7, 11) is 0. The maximum Gasteiger partial charge on any atom is 0.0893 e. The Morgan fingerprint density at radius 3 is 2.54 bits per heavy atom. The van der Waals surface area contributed by atoms with Gasteiger partial charge in [0.2, 0.25) is 0 Å². The Balaban J connectivity index is 1.84. The maximum absolute atomic E-state index is 5.81. The summed E-state index contributed by atoms with van der Waals surface area (Å²) in [5.41, 5.74) is 4.95. The van der Waals surface area contributed by atoms with E-state index in [1.54, 1.807) is 0 Å². The van der Waals surface area contributed by atoms with Crippen LogP contribution in [0.5, 0.6) is 0 Å². The summed E-state index contributed by atoms with van der Waals surface area (Å²) in [4.78, 5) is 9.15. The largest absolute Gasteiger partial charge is 0.377 e. The first-order chi connectivity index (χ1) is 11.7. The number of aryl methyl sites for hydroxylation is 2. The molecule has 0 unspecified atom stereocenters. The molecular formula is C21H26N2O. The van der Waals surface area contributed by atoms with Crippen molar-refractivity contribution in [3.05, 3.63) is 47.3 Å². The first kappa shape index (κ1) is 18.2. The molecule has 2 heterocycles. The lowest BCUT2D eigenvalue weighted by Gasteiger charge is -2.08. The minimum atomic E-state index is 0.618. The predicted molar refractivity (Wildman–Crippen MR) is 98.5 cm³/mol. The number of aromatic nitrogens is 2. The SMILES string of the molecule is C#CCCCCCCOCc1cc(C)nc(-c2cccc(C)n2)c1. The number of hydrogen-bond donors (Lipinski definition) is 0. The maximum atomic E-state index is 5.81. The van der Waals surface area contributed by atoms with Crippen LogP contribution in [0, 0.1) is 26.2 Å². The summed E-state index contributed by atoms with van der Waals surface area (Å²) in [6.07, 6.45) is 10.7. The molecular weight excluding hydrogens is 296 g/mol. The Morgan fingerprint density at radius 2 is 1.75 bits per heavy atom. The molecule has 2 aromatic rings. The van der Waals surface area contributed by atoms with Gasteiger partial charge in [0.1, 0.15) is 0 Å². The zero-order valence-corrected chi connectivity index (χ0v) is 14.7. The number of hydrogen-bond acceptors (Lipinski definition) is 3. The fourth-order valence-corrected chi connectivity index (χ4v) is 2.62. The molecule has 0 saturated carbocycles. The lowest BCUT2D eigenvalue weighted by atomic mass is 10.1. The molecule has 126 valence electrons. The molecule has 0 spiro atoms. The third-order valence-electron chi connectivity index (χ3n) is 3.79. The first-order valence-corrected chi connectivity index (χ1v) is 8.62. The summed E-state index contributed by atoms with van der Waals surface area (Å²) in [5, 5.41) is 0. The molecule has 0 fully saturated rings. The number of pyridine rings is 2. The van der Waals surface area contributed by atoms with Crippen molar-refractivity contribution in [1.82, 2.24) is 9.97 Å². The van der Waals surface area contributed by atoms with Gasteiger partial charge in [-0.25, -0.2) is 0 Å². The summed E-state index contributed by atoms with van der Waals surface area (Å²) in [5.74, 6) is 2.68. The van der Waals surface area contributed by atoms with Crippen molar-refractivity contribution < 1.29 is 4.74 Å². The molecule has 2 rings (SSSR count). The van der Waals surface area contributed by atoms with Gasteiger partial charge in [0, 0.05) is 24.4 Å². The van der Waals surface area contributed by atoms with Crippen LogP contribution in [0.25, 0.3) is 11.4 Å². The van der Waals surface area contributed by atoms with E-state index in [1.807, 2.05) is 32.0 Å². The normalized spacial score (nSPS) is 10.5. The first-order valence-electron chi connectivity index (χ1n) is 8.62. The molecule has 0 aromatic carbocycles. The van der Waals surface area contributed by atoms with E-state index in [0.717, 1.165) is 54.2 Å². The second-order valence-electron chi connectivity index (χ2n) is 6.09. The minimum absolute atomic E-state index is 0.618. The van der Waals surface area contributed by atoms with E-state index in [0.29, 0.717) is 6.61 Å². The van der Waals surface area contributed by atoms with Gasteiger partial charge in [-0.1, -0.05) is 18.9 Å². The molecule has 0 N–H and O–H groups in total. The van der Waals surface area contributed by atoms with Crippen LogP contribution in [0.4, 0.5) is 0 Å². The summed E-state index contributed by atoms with van der Waals surface area (Å²) in [6.45, 7) is 5.41. The van der Waals surface area contributed by atoms with Crippen LogP contribution < -0.4 is 0 Å². The quantitative estimate of drug-likeness (QED) is 0.488. The van der Waals surface area contributed by atoms with Crippen molar-refractivity contribution in [3.63, 3.8) is 0 Å². The monoisotopic (exact) mass is 322 g/mol. The van der Waals surface area contributed by atoms with Crippen LogP contribution in [-0.4, -0.2) is 16.6 Å². The molecule has 0 amide bonds. The standard InChI is InChI=1S/C21H26N2O/c1-4-5-6-7-8-9-13-24-16-19-14-18(3)23-21(15-19)20-12-10-11-17(2)22-20/h1,10-12,14-15H,5-9,13,16H2,2-3H3. The van der Waals surface area contributed by atoms with Gasteiger partial charge >= 0.3 is 0 Å². The van der Waals surface area contributed by atoms with Gasteiger partial charge in [-0.3, -0.25) is 9.97 Å². The summed E-state index contributed by atoms with van der Waals surface area (Å²) in [6, 6.07) is 10.1. The van der Waals surface area contributed by atoms with E-state index in [1.165, 1.54) is 12.8 Å². The highest BCUT2D eigenvalue weighted by molar-refractivity contribution is 5.55. The second-order valence-corrected chi connectivity index (χ2v) is 6.09. The van der Waals surface area contributed by atoms with Gasteiger partial charge in [-0.05, 0) is 56.5 Å². The molecule has 3 heteroatoms. The van der Waals surface area contributed by atoms with Crippen LogP contribution in [0.15, 0.2) is 30.3 Å². The van der Waals surface area contributed by atoms with Crippen LogP contribution in [0.1, 0.15) is 49.1 Å². The van der Waals surface area contributed by atoms with Crippen molar-refractivity contribution in [2.24, 2.45) is 0 Å². The minimum Gasteiger partial charge on any atom is -0.377 e. The van der Waals surface area contributed by atoms with Gasteiger partial charge in [0.15, 0.2) is 0 Å². The Bertz CT molecular complexity index is 688. The Morgan fingerprint density at radius 1 is 0.958 bits per heavy atom. The van der Waals surface area contributed by atoms with Crippen LogP contribution >= 0.6 is 0 Å². The van der Waals surface area contributed by atoms with Gasteiger partial charge in [-0.2, -0.15) is 0 Å². The van der Waals surface area contributed by atoms with Gasteiger partial charge in [0.05, 0.1) is 18.0 Å². The summed E-state index contributed by atoms with van der Waals surface area (Å²) < 4.78 is 5.81. The molecule has 0 bridgehead atoms. The fraction of sp³-hybridized carbons (Fsp3) is 0.429. The predicted octanol–water partition coefficient (Wildman–Crippen LogP) is 4.86. The van der Waals surface area contributed by atoms with Gasteiger partial charge < -0.3 is 4.74 Å². The van der Waals surface area contributed by atoms with Crippen molar-refractivity contribution in [2.45, 2.75) is 52.6 Å². The third kappa shape index (κ3) is 6.14. The number of rotatable bonds is 9. The molecule has 0 aliphatic heterocycles. The number of unbranched alkanes of at least 4 members (excludes halogenated alkanes) is 4. The molecule has 0 saturated heterocycles. The Kier molecular flexibility index (Phi) is 7.45. The van der Waals surface area contributed by atoms with E-state index in [2.05, 4.69) is 28.0 Å². The lowest BCUT2D eigenvalue weighted by Crippen LogP contribution is -1.99. The molecule has 0 radical (unpaired) electrons. The lowest BCUT2D eigenvalue weighted by molar-refractivity contribution is 0.116. The average Bonchev–Trinajstić information content (AvgIpc) is 2.57. The molecule has 24 heavy (non-hydrogen) atoms. The van der Waals surface area contributed by atoms with E-state index >= 15 is 0 Å². The van der Waals surface area contributed by atoms with E-state index in [4.69, 9.17) is 11.2 Å². The molecule has 0 aliphatic rings. The zero-order chi connectivity index (χ0) is 17.2. The van der Waals surface area contributed by atoms with E-state index in [9.17, 15) is 0 Å². The van der Waals surface area contributed by atoms with Crippen LogP contribution in [0.2, 0.25) is 0 Å². The van der Waals surface area contributed by atoms with Crippen molar-refractivity contribution in [1.29, 1.82) is 0 Å². The topological polar surface area (TPSA) is 35.0 Å². The molecule has 0 aliphatic carbocycles.